The van der Waals surface area contributed by atoms with Gasteiger partial charge in [0, 0.05) is 49.1 Å². The predicted molar refractivity (Wildman–Crippen MR) is 452 cm³/mol. The molecule has 4 aromatic heterocycles. The van der Waals surface area contributed by atoms with Gasteiger partial charge in [0.1, 0.15) is 38.4 Å². The summed E-state index contributed by atoms with van der Waals surface area (Å²) in [6.45, 7) is 17.0. The van der Waals surface area contributed by atoms with E-state index in [9.17, 15) is 59.1 Å². The molecule has 126 heavy (non-hydrogen) atoms. The normalized spacial score (nSPS) is 17.4. The zero-order valence-corrected chi connectivity index (χ0v) is 73.4. The molecule has 1 saturated heterocycles. The van der Waals surface area contributed by atoms with Crippen molar-refractivity contribution in [3.8, 4) is 46.0 Å². The highest BCUT2D eigenvalue weighted by atomic mass is 35.5. The Hall–Kier alpha value is -11.1. The number of nitrogens with zero attached hydrogens (tertiary/aromatic N) is 9. The first-order valence-corrected chi connectivity index (χ1v) is 40.2. The van der Waals surface area contributed by atoms with Crippen molar-refractivity contribution in [2.75, 3.05) is 76.5 Å². The van der Waals surface area contributed by atoms with Crippen LogP contribution < -0.4 is 63.4 Å². The van der Waals surface area contributed by atoms with E-state index < -0.39 is 103 Å². The molecule has 3 N–H and O–H groups in total. The van der Waals surface area contributed by atoms with Gasteiger partial charge in [-0.1, -0.05) is 29.3 Å². The first-order valence-electron chi connectivity index (χ1n) is 38.7. The molecule has 0 atom stereocenters. The maximum atomic E-state index is 14.9. The number of aldehydes is 1. The van der Waals surface area contributed by atoms with Crippen LogP contribution in [0.3, 0.4) is 0 Å². The molecule has 17 rings (SSSR count). The van der Waals surface area contributed by atoms with Crippen LogP contribution in [0.4, 0.5) is 57.9 Å². The predicted octanol–water partition coefficient (Wildman–Crippen LogP) is 16.4. The number of halogens is 12. The molecular weight excluding hydrogens is 1750 g/mol. The van der Waals surface area contributed by atoms with Gasteiger partial charge in [-0.3, -0.25) is 38.9 Å². The van der Waals surface area contributed by atoms with Crippen molar-refractivity contribution in [3.05, 3.63) is 206 Å². The summed E-state index contributed by atoms with van der Waals surface area (Å²) in [7, 11) is 9.83. The maximum absolute atomic E-state index is 14.9. The van der Waals surface area contributed by atoms with Crippen LogP contribution >= 0.6 is 46.7 Å². The number of carbonyl (C=O) groups is 5. The third-order valence-corrected chi connectivity index (χ3v) is 23.4. The summed E-state index contributed by atoms with van der Waals surface area (Å²) < 4.78 is 173. The van der Waals surface area contributed by atoms with Crippen molar-refractivity contribution in [2.24, 2.45) is 11.1 Å². The Labute approximate surface area is 739 Å². The number of amides is 4. The van der Waals surface area contributed by atoms with E-state index in [0.29, 0.717) is 91.3 Å². The zero-order valence-electron chi connectivity index (χ0n) is 70.4. The summed E-state index contributed by atoms with van der Waals surface area (Å²) in [5.41, 5.74) is 1.51. The average Bonchev–Trinajstić information content (AvgIpc) is 1.56. The number of carbonyl (C=O) groups excluding carboxylic acids is 5. The molecule has 4 aliphatic carbocycles. The Balaban J connectivity index is 0.000000153. The lowest BCUT2D eigenvalue weighted by molar-refractivity contribution is -0.122. The van der Waals surface area contributed by atoms with Crippen molar-refractivity contribution < 1.29 is 116 Å². The number of methoxy groups -OCH3 is 8. The third-order valence-electron chi connectivity index (χ3n) is 23.2. The molecule has 5 fully saturated rings. The van der Waals surface area contributed by atoms with Crippen LogP contribution in [0.1, 0.15) is 152 Å². The van der Waals surface area contributed by atoms with E-state index in [4.69, 9.17) is 87.2 Å². The number of ether oxygens (including phenoxy) is 8. The fourth-order valence-electron chi connectivity index (χ4n) is 15.6. The second kappa shape index (κ2) is 38.2. The first kappa shape index (κ1) is 95.5. The molecule has 9 heterocycles. The molecule has 0 radical (unpaired) electrons. The van der Waals surface area contributed by atoms with Crippen LogP contribution in [0.5, 0.6) is 46.0 Å². The minimum atomic E-state index is -0.971. The number of anilines is 4. The maximum Gasteiger partial charge on any atom is 0.486 e. The fourth-order valence-corrected chi connectivity index (χ4v) is 15.7. The third kappa shape index (κ3) is 17.9. The number of hydrogen-bond acceptors (Lipinski definition) is 23. The van der Waals surface area contributed by atoms with Gasteiger partial charge in [-0.15, -0.1) is 29.8 Å². The van der Waals surface area contributed by atoms with Crippen LogP contribution in [-0.2, 0) is 80.7 Å². The lowest BCUT2D eigenvalue weighted by Gasteiger charge is -2.35. The Morgan fingerprint density at radius 3 is 0.905 bits per heavy atom. The van der Waals surface area contributed by atoms with Gasteiger partial charge in [0.15, 0.2) is 98.8 Å². The largest absolute Gasteiger partial charge is 0.493 e. The highest BCUT2D eigenvalue weighted by Crippen LogP contribution is 2.60. The van der Waals surface area contributed by atoms with Crippen LogP contribution in [0.25, 0.3) is 6.08 Å². The van der Waals surface area contributed by atoms with Crippen molar-refractivity contribution in [2.45, 2.75) is 150 Å². The number of benzene rings is 4. The number of rotatable bonds is 16. The van der Waals surface area contributed by atoms with Crippen molar-refractivity contribution in [1.82, 2.24) is 19.9 Å². The minimum Gasteiger partial charge on any atom is -0.493 e. The SMILES string of the molecule is C=CB1OC(C)(C)C(C)(C)O1.C=Cc1cc2c(cn1)CN(c1c(F)c(OC)cc(OC)c1F)C(=O)C21CC1.CC(Cl)Cl.COc1cc(OC)c(F)c(N2Cc3cnc(/C=N/O)cc3C3(CC3)C2=O)c1F.COc1cc(OC)c(F)c(N2Cc3cnc(C=O)cc3C3(CC3)C2=O)c1F.COc1cc(OC)c(F)c(N2Cc3cnc(Cl)cc3C3(CC3)C2=O)c1F.NOCl. The van der Waals surface area contributed by atoms with Gasteiger partial charge >= 0.3 is 7.12 Å². The van der Waals surface area contributed by atoms with E-state index in [1.165, 1.54) is 75.5 Å². The summed E-state index contributed by atoms with van der Waals surface area (Å²) in [6.07, 6.45) is 14.2. The second-order valence-electron chi connectivity index (χ2n) is 30.9. The number of fused-ring (bicyclic) bond motifs is 8. The molecule has 4 amide bonds. The van der Waals surface area contributed by atoms with Crippen LogP contribution in [0.2, 0.25) is 5.15 Å². The van der Waals surface area contributed by atoms with E-state index >= 15 is 0 Å². The Morgan fingerprint density at radius 1 is 0.452 bits per heavy atom. The second-order valence-corrected chi connectivity index (χ2v) is 33.0. The first-order chi connectivity index (χ1) is 59.8. The van der Waals surface area contributed by atoms with Gasteiger partial charge in [0.2, 0.25) is 23.6 Å². The van der Waals surface area contributed by atoms with E-state index in [-0.39, 0.29) is 118 Å². The molecule has 4 saturated carbocycles. The van der Waals surface area contributed by atoms with E-state index in [0.717, 1.165) is 66.1 Å². The summed E-state index contributed by atoms with van der Waals surface area (Å²) in [6, 6.07) is 11.2. The molecule has 40 heteroatoms. The van der Waals surface area contributed by atoms with Crippen molar-refractivity contribution >= 4 is 119 Å². The van der Waals surface area contributed by atoms with E-state index in [1.54, 1.807) is 49.6 Å². The van der Waals surface area contributed by atoms with Gasteiger partial charge < -0.3 is 72.0 Å². The molecule has 670 valence electrons. The topological polar surface area (TPSA) is 310 Å². The minimum absolute atomic E-state index is 0.00968. The van der Waals surface area contributed by atoms with Gasteiger partial charge in [0.25, 0.3) is 0 Å². The summed E-state index contributed by atoms with van der Waals surface area (Å²) in [5.74, 6) is -4.99. The Kier molecular flexibility index (Phi) is 29.0. The Bertz CT molecular complexity index is 5350. The molecule has 4 spiro atoms. The number of aromatic nitrogens is 4. The van der Waals surface area contributed by atoms with E-state index in [1.807, 2.05) is 33.8 Å². The lowest BCUT2D eigenvalue weighted by atomic mass is 9.86. The van der Waals surface area contributed by atoms with Gasteiger partial charge in [-0.05, 0) is 161 Å². The monoisotopic (exact) mass is 1830 g/mol. The van der Waals surface area contributed by atoms with Crippen LogP contribution in [-0.4, -0.2) is 141 Å². The van der Waals surface area contributed by atoms with Crippen LogP contribution in [0.15, 0.2) is 97.6 Å². The molecule has 0 unspecified atom stereocenters. The Morgan fingerprint density at radius 2 is 0.683 bits per heavy atom. The molecule has 8 aromatic rings. The summed E-state index contributed by atoms with van der Waals surface area (Å²) in [4.78, 5) is 84.5. The number of nitrogens with two attached hydrogens (primary N) is 1. The number of pyridine rings is 4. The number of hydrogen-bond donors (Lipinski definition) is 2. The molecular formula is C86H87BCl4F8N10O17. The van der Waals surface area contributed by atoms with Gasteiger partial charge in [-0.25, -0.2) is 40.1 Å². The fraction of sp³-hybridized carbons (Fsp3) is 0.372. The standard InChI is InChI=1S/C20H18F2N2O3.C19H17F2N3O4.C19H16F2N2O4.C18H15ClF2N2O3.C8H15BO2.C2H4Cl2.ClH2NO/c1-4-12-7-13-11(9-23-12)10-24(19(25)20(13)5-6-20)18-16(21)14(26-2)8-15(27-3)17(18)22;1-27-13-6-14(28-2)16(21)17(15(13)20)24-9-10-7-22-11(8-23-26)5-12(10)19(3-4-19)18(24)25;1-26-13-6-14(27-2)16(21)17(15(13)20)23-8-10-7-22-11(9-24)5-12(10)19(3-4-19)18(23)25;1-25-11-6-12(26-2)15(21)16(14(11)20)23-8-9-7-22-13(19)5-10(9)18(3-4-18)17(23)24;1-6-9-10-7(2,3)8(4,5)11-9;1-2(3)4;1-3-2/h4,7-9H,1,5-6,10H2,2-3H3;5-8,26H,3-4,9H2,1-2H3;5-7,9H,3-4,8H2,1-2H3;5-7H,3-4,8H2,1-2H3;6H,1H2,2-5H3;2H,1H3;2H2/b;23-8+;;;;;. The zero-order chi connectivity index (χ0) is 92.4. The average molecular weight is 1840 g/mol. The number of alkyl halides is 2. The van der Waals surface area contributed by atoms with E-state index in [2.05, 4.69) is 60.4 Å². The summed E-state index contributed by atoms with van der Waals surface area (Å²) in [5, 5.41) is 12.0. The molecule has 27 nitrogen and oxygen atoms in total. The molecule has 4 aromatic carbocycles. The van der Waals surface area contributed by atoms with Gasteiger partial charge in [0.05, 0.1) is 145 Å². The van der Waals surface area contributed by atoms with Crippen molar-refractivity contribution in [3.63, 3.8) is 0 Å². The lowest BCUT2D eigenvalue weighted by Crippen LogP contribution is -2.45. The quantitative estimate of drug-likeness (QED) is 0.0133. The van der Waals surface area contributed by atoms with Gasteiger partial charge in [-0.2, -0.15) is 10.3 Å². The smallest absolute Gasteiger partial charge is 0.486 e. The van der Waals surface area contributed by atoms with Crippen molar-refractivity contribution in [1.29, 1.82) is 0 Å². The molecule has 9 aliphatic rings. The highest BCUT2D eigenvalue weighted by molar-refractivity contribution is 6.51. The molecule has 5 aliphatic heterocycles. The van der Waals surface area contributed by atoms with Crippen LogP contribution in [0, 0.1) is 46.5 Å². The summed E-state index contributed by atoms with van der Waals surface area (Å²) >= 11 is 20.3. The highest BCUT2D eigenvalue weighted by Gasteiger charge is 2.62. The molecule has 0 bridgehead atoms. The number of oxime groups is 1.